The van der Waals surface area contributed by atoms with Crippen LogP contribution < -0.4 is 0 Å². The minimum Gasteiger partial charge on any atom is -0.368 e. The van der Waals surface area contributed by atoms with Gasteiger partial charge in [-0.25, -0.2) is 0 Å². The zero-order chi connectivity index (χ0) is 29.2. The lowest BCUT2D eigenvalue weighted by atomic mass is 10.0. The second-order valence-corrected chi connectivity index (χ2v) is 12.8. The van der Waals surface area contributed by atoms with Crippen LogP contribution in [0.3, 0.4) is 0 Å². The summed E-state index contributed by atoms with van der Waals surface area (Å²) in [5.41, 5.74) is 0. The topological polar surface area (TPSA) is 29.5 Å². The van der Waals surface area contributed by atoms with E-state index in [1.807, 2.05) is 7.05 Å². The standard InChI is InChI=1S/C37H75NO2/c1-4-6-8-10-12-14-16-18-20-22-24-26-28-30-32-34-36-38(3)40-37(39)35-33-31-29-27-25-23-21-19-17-15-13-11-9-7-5-2/h4-36H2,1-3H3. The number of hydroxylamine groups is 2. The maximum absolute atomic E-state index is 12.1. The van der Waals surface area contributed by atoms with E-state index >= 15 is 0 Å². The number of rotatable bonds is 34. The predicted octanol–water partition coefficient (Wildman–Crippen LogP) is 12.9. The summed E-state index contributed by atoms with van der Waals surface area (Å²) in [6.45, 7) is 5.44. The van der Waals surface area contributed by atoms with Crippen molar-refractivity contribution < 1.29 is 9.63 Å². The lowest BCUT2D eigenvalue weighted by Gasteiger charge is -2.16. The summed E-state index contributed by atoms with van der Waals surface area (Å²) < 4.78 is 0. The van der Waals surface area contributed by atoms with Gasteiger partial charge in [0.15, 0.2) is 0 Å². The molecule has 0 aliphatic rings. The van der Waals surface area contributed by atoms with Crippen molar-refractivity contribution >= 4 is 5.97 Å². The molecule has 0 saturated carbocycles. The molecule has 0 aromatic carbocycles. The molecule has 0 radical (unpaired) electrons. The van der Waals surface area contributed by atoms with Crippen LogP contribution in [0.4, 0.5) is 0 Å². The smallest absolute Gasteiger partial charge is 0.325 e. The van der Waals surface area contributed by atoms with E-state index < -0.39 is 0 Å². The largest absolute Gasteiger partial charge is 0.368 e. The van der Waals surface area contributed by atoms with Crippen molar-refractivity contribution in [2.45, 2.75) is 219 Å². The van der Waals surface area contributed by atoms with Gasteiger partial charge in [0.1, 0.15) is 0 Å². The second-order valence-electron chi connectivity index (χ2n) is 12.8. The third-order valence-electron chi connectivity index (χ3n) is 8.57. The number of unbranched alkanes of at least 4 members (excludes halogenated alkanes) is 29. The van der Waals surface area contributed by atoms with E-state index in [4.69, 9.17) is 4.84 Å². The molecule has 0 spiro atoms. The van der Waals surface area contributed by atoms with Crippen LogP contribution in [-0.2, 0) is 9.63 Å². The summed E-state index contributed by atoms with van der Waals surface area (Å²) in [5.74, 6) is -0.0475. The molecule has 0 unspecified atom stereocenters. The molecular weight excluding hydrogens is 490 g/mol. The summed E-state index contributed by atoms with van der Waals surface area (Å²) in [5, 5.41) is 1.76. The molecule has 0 N–H and O–H groups in total. The normalized spacial score (nSPS) is 11.5. The Labute approximate surface area is 253 Å². The number of hydrogen-bond donors (Lipinski definition) is 0. The fourth-order valence-electron chi connectivity index (χ4n) is 5.79. The Morgan fingerprint density at radius 3 is 0.950 bits per heavy atom. The second kappa shape index (κ2) is 34.6. The maximum Gasteiger partial charge on any atom is 0.325 e. The zero-order valence-corrected chi connectivity index (χ0v) is 28.1. The van der Waals surface area contributed by atoms with Gasteiger partial charge in [0, 0.05) is 20.0 Å². The van der Waals surface area contributed by atoms with Gasteiger partial charge in [-0.05, 0) is 12.8 Å². The minimum atomic E-state index is -0.0475. The SMILES string of the molecule is CCCCCCCCCCCCCCCCCCN(C)OC(=O)CCCCCCCCCCCCCCCCC. The quantitative estimate of drug-likeness (QED) is 0.0574. The highest BCUT2D eigenvalue weighted by atomic mass is 16.7. The van der Waals surface area contributed by atoms with Crippen molar-refractivity contribution in [1.82, 2.24) is 5.06 Å². The Morgan fingerprint density at radius 1 is 0.400 bits per heavy atom. The summed E-state index contributed by atoms with van der Waals surface area (Å²) >= 11 is 0. The number of nitrogens with zero attached hydrogens (tertiary/aromatic N) is 1. The number of hydrogen-bond acceptors (Lipinski definition) is 3. The third-order valence-corrected chi connectivity index (χ3v) is 8.57. The first-order valence-corrected chi connectivity index (χ1v) is 18.6. The van der Waals surface area contributed by atoms with Crippen molar-refractivity contribution in [1.29, 1.82) is 0 Å². The minimum absolute atomic E-state index is 0.0475. The van der Waals surface area contributed by atoms with Gasteiger partial charge in [0.2, 0.25) is 0 Å². The molecule has 240 valence electrons. The van der Waals surface area contributed by atoms with Crippen LogP contribution in [0.1, 0.15) is 219 Å². The van der Waals surface area contributed by atoms with Gasteiger partial charge < -0.3 is 4.84 Å². The molecule has 0 aromatic rings. The Hall–Kier alpha value is -0.570. The lowest BCUT2D eigenvalue weighted by Crippen LogP contribution is -2.24. The molecule has 40 heavy (non-hydrogen) atoms. The monoisotopic (exact) mass is 566 g/mol. The van der Waals surface area contributed by atoms with Gasteiger partial charge in [0.25, 0.3) is 0 Å². The highest BCUT2D eigenvalue weighted by Crippen LogP contribution is 2.15. The van der Waals surface area contributed by atoms with E-state index in [2.05, 4.69) is 13.8 Å². The first-order chi connectivity index (χ1) is 19.7. The fraction of sp³-hybridized carbons (Fsp3) is 0.973. The van der Waals surface area contributed by atoms with Crippen molar-refractivity contribution in [2.24, 2.45) is 0 Å². The van der Waals surface area contributed by atoms with Crippen LogP contribution in [0.15, 0.2) is 0 Å². The number of carbonyl (C=O) groups excluding carboxylic acids is 1. The molecule has 0 saturated heterocycles. The van der Waals surface area contributed by atoms with Crippen LogP contribution >= 0.6 is 0 Å². The van der Waals surface area contributed by atoms with E-state index in [-0.39, 0.29) is 5.97 Å². The Bertz CT molecular complexity index is 481. The molecule has 0 rings (SSSR count). The Balaban J connectivity index is 3.26. The van der Waals surface area contributed by atoms with E-state index in [0.29, 0.717) is 6.42 Å². The molecule has 0 amide bonds. The van der Waals surface area contributed by atoms with Crippen LogP contribution in [0.5, 0.6) is 0 Å². The Morgan fingerprint density at radius 2 is 0.650 bits per heavy atom. The summed E-state index contributed by atoms with van der Waals surface area (Å²) in [4.78, 5) is 17.6. The number of carbonyl (C=O) groups is 1. The van der Waals surface area contributed by atoms with Gasteiger partial charge in [-0.1, -0.05) is 200 Å². The molecule has 0 bridgehead atoms. The van der Waals surface area contributed by atoms with Crippen molar-refractivity contribution in [3.05, 3.63) is 0 Å². The molecule has 0 fully saturated rings. The summed E-state index contributed by atoms with van der Waals surface area (Å²) in [7, 11) is 1.91. The van der Waals surface area contributed by atoms with Gasteiger partial charge in [-0.3, -0.25) is 4.79 Å². The van der Waals surface area contributed by atoms with E-state index in [1.165, 1.54) is 180 Å². The van der Waals surface area contributed by atoms with Crippen molar-refractivity contribution in [2.75, 3.05) is 13.6 Å². The predicted molar refractivity (Wildman–Crippen MR) is 178 cm³/mol. The summed E-state index contributed by atoms with van der Waals surface area (Å²) in [6, 6.07) is 0. The average molecular weight is 566 g/mol. The molecule has 0 heterocycles. The van der Waals surface area contributed by atoms with Crippen LogP contribution in [-0.4, -0.2) is 24.6 Å². The van der Waals surface area contributed by atoms with E-state index in [1.54, 1.807) is 5.06 Å². The zero-order valence-electron chi connectivity index (χ0n) is 28.1. The molecule has 3 heteroatoms. The van der Waals surface area contributed by atoms with Crippen molar-refractivity contribution in [3.63, 3.8) is 0 Å². The average Bonchev–Trinajstić information content (AvgIpc) is 2.94. The molecule has 3 nitrogen and oxygen atoms in total. The maximum atomic E-state index is 12.1. The van der Waals surface area contributed by atoms with Gasteiger partial charge in [-0.15, -0.1) is 5.06 Å². The van der Waals surface area contributed by atoms with E-state index in [0.717, 1.165) is 25.8 Å². The van der Waals surface area contributed by atoms with Crippen LogP contribution in [0.25, 0.3) is 0 Å². The third kappa shape index (κ3) is 33.6. The van der Waals surface area contributed by atoms with E-state index in [9.17, 15) is 4.79 Å². The van der Waals surface area contributed by atoms with Crippen molar-refractivity contribution in [3.8, 4) is 0 Å². The highest BCUT2D eigenvalue weighted by Gasteiger charge is 2.07. The Kier molecular flexibility index (Phi) is 34.1. The molecular formula is C37H75NO2. The van der Waals surface area contributed by atoms with Gasteiger partial charge >= 0.3 is 5.97 Å². The molecule has 0 atom stereocenters. The first kappa shape index (κ1) is 39.4. The van der Waals surface area contributed by atoms with Crippen LogP contribution in [0.2, 0.25) is 0 Å². The lowest BCUT2D eigenvalue weighted by molar-refractivity contribution is -0.184. The molecule has 0 aromatic heterocycles. The highest BCUT2D eigenvalue weighted by molar-refractivity contribution is 5.68. The summed E-state index contributed by atoms with van der Waals surface area (Å²) in [6.07, 6.45) is 43.0. The molecule has 0 aliphatic carbocycles. The first-order valence-electron chi connectivity index (χ1n) is 18.6. The molecule has 0 aliphatic heterocycles. The van der Waals surface area contributed by atoms with Crippen LogP contribution in [0, 0.1) is 0 Å². The van der Waals surface area contributed by atoms with Gasteiger partial charge in [-0.2, -0.15) is 0 Å². The van der Waals surface area contributed by atoms with Gasteiger partial charge in [0.05, 0.1) is 0 Å². The fourth-order valence-corrected chi connectivity index (χ4v) is 5.79.